The van der Waals surface area contributed by atoms with E-state index in [1.54, 1.807) is 0 Å². The number of anilines is 1. The third-order valence-electron chi connectivity index (χ3n) is 2.70. The number of pyridine rings is 1. The predicted octanol–water partition coefficient (Wildman–Crippen LogP) is 3.87. The number of hydrogen-bond donors (Lipinski definition) is 1. The van der Waals surface area contributed by atoms with Crippen LogP contribution < -0.4 is 5.32 Å². The lowest BCUT2D eigenvalue weighted by atomic mass is 10.2. The molecule has 1 aromatic carbocycles. The molecule has 0 fully saturated rings. The minimum atomic E-state index is 0.934. The highest BCUT2D eigenvalue weighted by molar-refractivity contribution is 7.97. The maximum atomic E-state index is 4.22. The first kappa shape index (κ1) is 13.0. The second kappa shape index (κ2) is 6.45. The molecular formula is C15H18N2S. The minimum Gasteiger partial charge on any atom is -0.373 e. The van der Waals surface area contributed by atoms with Crippen LogP contribution in [-0.2, 0) is 11.5 Å². The number of nitrogens with zero attached hydrogens (tertiary/aromatic N) is 1. The molecular weight excluding hydrogens is 240 g/mol. The summed E-state index contributed by atoms with van der Waals surface area (Å²) in [6, 6.07) is 12.9. The molecule has 0 aliphatic rings. The van der Waals surface area contributed by atoms with Gasteiger partial charge in [0.15, 0.2) is 0 Å². The van der Waals surface area contributed by atoms with Crippen LogP contribution in [0.1, 0.15) is 16.7 Å². The Bertz CT molecular complexity index is 511. The Morgan fingerprint density at radius 2 is 1.89 bits per heavy atom. The van der Waals surface area contributed by atoms with Gasteiger partial charge in [0.25, 0.3) is 0 Å². The molecule has 0 amide bonds. The van der Waals surface area contributed by atoms with Crippen LogP contribution in [0.3, 0.4) is 0 Å². The zero-order valence-electron chi connectivity index (χ0n) is 10.8. The van der Waals surface area contributed by atoms with Crippen molar-refractivity contribution in [2.24, 2.45) is 0 Å². The number of aryl methyl sites for hydroxylation is 1. The van der Waals surface area contributed by atoms with Crippen LogP contribution in [0.5, 0.6) is 0 Å². The molecule has 0 atom stereocenters. The molecule has 1 N–H and O–H groups in total. The Hall–Kier alpha value is -1.48. The van der Waals surface area contributed by atoms with E-state index >= 15 is 0 Å². The number of hydrogen-bond acceptors (Lipinski definition) is 3. The van der Waals surface area contributed by atoms with Crippen LogP contribution in [0.2, 0.25) is 0 Å². The lowest BCUT2D eigenvalue weighted by Gasteiger charge is -2.05. The van der Waals surface area contributed by atoms with E-state index in [9.17, 15) is 0 Å². The van der Waals surface area contributed by atoms with Crippen LogP contribution in [0.4, 0.5) is 5.82 Å². The van der Waals surface area contributed by atoms with Crippen LogP contribution >= 0.6 is 11.8 Å². The molecule has 2 aromatic rings. The van der Waals surface area contributed by atoms with Gasteiger partial charge in [-0.25, -0.2) is 4.98 Å². The SMILES string of the molecule is CNc1cc(CSCc2cccc(C)c2)ccn1. The molecule has 1 aromatic heterocycles. The number of thioether (sulfide) groups is 1. The van der Waals surface area contributed by atoms with E-state index in [1.807, 2.05) is 25.0 Å². The topological polar surface area (TPSA) is 24.9 Å². The summed E-state index contributed by atoms with van der Waals surface area (Å²) < 4.78 is 0. The number of benzene rings is 1. The zero-order chi connectivity index (χ0) is 12.8. The first-order chi connectivity index (χ1) is 8.78. The van der Waals surface area contributed by atoms with E-state index < -0.39 is 0 Å². The summed E-state index contributed by atoms with van der Waals surface area (Å²) >= 11 is 1.93. The fraction of sp³-hybridized carbons (Fsp3) is 0.267. The number of rotatable bonds is 5. The van der Waals surface area contributed by atoms with Crippen LogP contribution in [0.25, 0.3) is 0 Å². The molecule has 0 radical (unpaired) electrons. The molecule has 0 unspecified atom stereocenters. The molecule has 94 valence electrons. The monoisotopic (exact) mass is 258 g/mol. The van der Waals surface area contributed by atoms with E-state index in [0.717, 1.165) is 17.3 Å². The molecule has 0 bridgehead atoms. The van der Waals surface area contributed by atoms with E-state index in [2.05, 4.69) is 53.6 Å². The highest BCUT2D eigenvalue weighted by Crippen LogP contribution is 2.19. The van der Waals surface area contributed by atoms with E-state index in [-0.39, 0.29) is 0 Å². The van der Waals surface area contributed by atoms with Gasteiger partial charge in [-0.3, -0.25) is 0 Å². The molecule has 0 spiro atoms. The van der Waals surface area contributed by atoms with Crippen molar-refractivity contribution >= 4 is 17.6 Å². The molecule has 0 aliphatic heterocycles. The van der Waals surface area contributed by atoms with Crippen molar-refractivity contribution in [2.75, 3.05) is 12.4 Å². The van der Waals surface area contributed by atoms with Gasteiger partial charge >= 0.3 is 0 Å². The average molecular weight is 258 g/mol. The minimum absolute atomic E-state index is 0.934. The molecule has 0 aliphatic carbocycles. The average Bonchev–Trinajstić information content (AvgIpc) is 2.39. The first-order valence-corrected chi connectivity index (χ1v) is 7.19. The van der Waals surface area contributed by atoms with Gasteiger partial charge in [0, 0.05) is 24.8 Å². The zero-order valence-corrected chi connectivity index (χ0v) is 11.6. The van der Waals surface area contributed by atoms with Crippen LogP contribution in [0.15, 0.2) is 42.6 Å². The summed E-state index contributed by atoms with van der Waals surface area (Å²) in [7, 11) is 1.89. The lowest BCUT2D eigenvalue weighted by Crippen LogP contribution is -1.93. The van der Waals surface area contributed by atoms with Crippen molar-refractivity contribution in [3.63, 3.8) is 0 Å². The summed E-state index contributed by atoms with van der Waals surface area (Å²) in [4.78, 5) is 4.22. The summed E-state index contributed by atoms with van der Waals surface area (Å²) in [5.74, 6) is 3.01. The highest BCUT2D eigenvalue weighted by atomic mass is 32.2. The lowest BCUT2D eigenvalue weighted by molar-refractivity contribution is 1.24. The third-order valence-corrected chi connectivity index (χ3v) is 3.78. The summed E-state index contributed by atoms with van der Waals surface area (Å²) in [6.45, 7) is 2.14. The smallest absolute Gasteiger partial charge is 0.125 e. The molecule has 0 saturated heterocycles. The van der Waals surface area contributed by atoms with Crippen molar-refractivity contribution in [3.05, 3.63) is 59.3 Å². The van der Waals surface area contributed by atoms with Gasteiger partial charge < -0.3 is 5.32 Å². The van der Waals surface area contributed by atoms with Gasteiger partial charge in [0.1, 0.15) is 5.82 Å². The maximum Gasteiger partial charge on any atom is 0.125 e. The normalized spacial score (nSPS) is 10.3. The van der Waals surface area contributed by atoms with Crippen molar-refractivity contribution in [1.82, 2.24) is 4.98 Å². The Balaban J connectivity index is 1.88. The number of nitrogens with one attached hydrogen (secondary N) is 1. The second-order valence-electron chi connectivity index (χ2n) is 4.28. The Morgan fingerprint density at radius 1 is 1.11 bits per heavy atom. The first-order valence-electron chi connectivity index (χ1n) is 6.04. The standard InChI is InChI=1S/C15H18N2S/c1-12-4-3-5-13(8-12)10-18-11-14-6-7-17-15(9-14)16-2/h3-9H,10-11H2,1-2H3,(H,16,17). The molecule has 0 saturated carbocycles. The molecule has 1 heterocycles. The van der Waals surface area contributed by atoms with Crippen molar-refractivity contribution in [2.45, 2.75) is 18.4 Å². The molecule has 2 rings (SSSR count). The van der Waals surface area contributed by atoms with Crippen molar-refractivity contribution < 1.29 is 0 Å². The predicted molar refractivity (Wildman–Crippen MR) is 80.0 cm³/mol. The van der Waals surface area contributed by atoms with Gasteiger partial charge in [-0.1, -0.05) is 29.8 Å². The maximum absolute atomic E-state index is 4.22. The largest absolute Gasteiger partial charge is 0.373 e. The summed E-state index contributed by atoms with van der Waals surface area (Å²) in [6.07, 6.45) is 1.86. The van der Waals surface area contributed by atoms with Crippen molar-refractivity contribution in [1.29, 1.82) is 0 Å². The van der Waals surface area contributed by atoms with Gasteiger partial charge in [-0.05, 0) is 30.2 Å². The van der Waals surface area contributed by atoms with E-state index in [4.69, 9.17) is 0 Å². The van der Waals surface area contributed by atoms with Gasteiger partial charge in [0.05, 0.1) is 0 Å². The van der Waals surface area contributed by atoms with Crippen LogP contribution in [0, 0.1) is 6.92 Å². The third kappa shape index (κ3) is 3.77. The summed E-state index contributed by atoms with van der Waals surface area (Å²) in [5.41, 5.74) is 4.03. The van der Waals surface area contributed by atoms with Crippen molar-refractivity contribution in [3.8, 4) is 0 Å². The van der Waals surface area contributed by atoms with Gasteiger partial charge in [-0.2, -0.15) is 11.8 Å². The Kier molecular flexibility index (Phi) is 4.65. The molecule has 3 heteroatoms. The quantitative estimate of drug-likeness (QED) is 0.881. The van der Waals surface area contributed by atoms with Crippen LogP contribution in [-0.4, -0.2) is 12.0 Å². The van der Waals surface area contributed by atoms with Gasteiger partial charge in [-0.15, -0.1) is 0 Å². The fourth-order valence-electron chi connectivity index (χ4n) is 1.79. The fourth-order valence-corrected chi connectivity index (χ4v) is 2.72. The highest BCUT2D eigenvalue weighted by Gasteiger charge is 1.98. The molecule has 2 nitrogen and oxygen atoms in total. The Morgan fingerprint density at radius 3 is 2.61 bits per heavy atom. The second-order valence-corrected chi connectivity index (χ2v) is 5.27. The van der Waals surface area contributed by atoms with Gasteiger partial charge in [0.2, 0.25) is 0 Å². The summed E-state index contributed by atoms with van der Waals surface area (Å²) in [5, 5.41) is 3.06. The van der Waals surface area contributed by atoms with E-state index in [0.29, 0.717) is 0 Å². The number of aromatic nitrogens is 1. The van der Waals surface area contributed by atoms with E-state index in [1.165, 1.54) is 16.7 Å². The molecule has 18 heavy (non-hydrogen) atoms. The Labute approximate surface area is 113 Å².